The predicted octanol–water partition coefficient (Wildman–Crippen LogP) is 5.10. The number of amides is 1. The number of rotatable bonds is 6. The van der Waals surface area contributed by atoms with Crippen molar-refractivity contribution in [1.82, 2.24) is 9.97 Å². The molecule has 8 heteroatoms. The summed E-state index contributed by atoms with van der Waals surface area (Å²) in [7, 11) is 0. The maximum Gasteiger partial charge on any atom is 0.267 e. The number of ether oxygens (including phenoxy) is 1. The van der Waals surface area contributed by atoms with E-state index in [9.17, 15) is 9.18 Å². The van der Waals surface area contributed by atoms with Gasteiger partial charge in [-0.1, -0.05) is 29.0 Å². The maximum atomic E-state index is 13.1. The quantitative estimate of drug-likeness (QED) is 0.429. The fourth-order valence-electron chi connectivity index (χ4n) is 2.67. The van der Waals surface area contributed by atoms with E-state index < -0.39 is 0 Å². The normalized spacial score (nSPS) is 10.8. The Morgan fingerprint density at radius 1 is 1.14 bits per heavy atom. The Morgan fingerprint density at radius 3 is 2.72 bits per heavy atom. The highest BCUT2D eigenvalue weighted by molar-refractivity contribution is 7.22. The summed E-state index contributed by atoms with van der Waals surface area (Å²) in [4.78, 5) is 23.4. The van der Waals surface area contributed by atoms with Gasteiger partial charge in [0.15, 0.2) is 11.7 Å². The van der Waals surface area contributed by atoms with Gasteiger partial charge in [0.05, 0.1) is 22.5 Å². The zero-order chi connectivity index (χ0) is 20.2. The maximum absolute atomic E-state index is 13.1. The van der Waals surface area contributed by atoms with Crippen molar-refractivity contribution in [3.63, 3.8) is 0 Å². The highest BCUT2D eigenvalue weighted by Gasteiger charge is 2.21. The van der Waals surface area contributed by atoms with E-state index in [1.54, 1.807) is 12.3 Å². The van der Waals surface area contributed by atoms with E-state index in [2.05, 4.69) is 9.97 Å². The molecule has 0 radical (unpaired) electrons. The van der Waals surface area contributed by atoms with Gasteiger partial charge >= 0.3 is 0 Å². The van der Waals surface area contributed by atoms with Crippen LogP contribution in [0.4, 0.5) is 9.52 Å². The number of aromatic nitrogens is 2. The van der Waals surface area contributed by atoms with E-state index in [0.717, 1.165) is 15.9 Å². The van der Waals surface area contributed by atoms with Gasteiger partial charge in [0.2, 0.25) is 0 Å². The van der Waals surface area contributed by atoms with Gasteiger partial charge in [0.1, 0.15) is 11.6 Å². The number of pyridine rings is 1. The Bertz CT molecular complexity index is 1140. The molecule has 0 unspecified atom stereocenters. The van der Waals surface area contributed by atoms with E-state index in [4.69, 9.17) is 16.3 Å². The van der Waals surface area contributed by atoms with Gasteiger partial charge in [-0.05, 0) is 54.6 Å². The summed E-state index contributed by atoms with van der Waals surface area (Å²) in [5, 5.41) is 1.13. The van der Waals surface area contributed by atoms with Gasteiger partial charge in [-0.2, -0.15) is 0 Å². The van der Waals surface area contributed by atoms with Crippen LogP contribution >= 0.6 is 22.9 Å². The molecule has 1 amide bonds. The first-order valence-electron chi connectivity index (χ1n) is 8.73. The molecule has 4 rings (SSSR count). The molecule has 0 bridgehead atoms. The largest absolute Gasteiger partial charge is 0.484 e. The molecular formula is C21H15ClFN3O2S. The van der Waals surface area contributed by atoms with E-state index in [1.165, 1.54) is 40.5 Å². The van der Waals surface area contributed by atoms with Gasteiger partial charge < -0.3 is 4.74 Å². The number of fused-ring (bicyclic) bond motifs is 1. The molecule has 0 spiro atoms. The summed E-state index contributed by atoms with van der Waals surface area (Å²) in [6.07, 6.45) is 1.67. The Balaban J connectivity index is 1.59. The highest BCUT2D eigenvalue weighted by Crippen LogP contribution is 2.31. The summed E-state index contributed by atoms with van der Waals surface area (Å²) in [6.45, 7) is 0.0369. The number of carbonyl (C=O) groups is 1. The Hall–Kier alpha value is -3.03. The Kier molecular flexibility index (Phi) is 5.69. The zero-order valence-corrected chi connectivity index (χ0v) is 16.7. The number of anilines is 1. The molecule has 4 aromatic rings. The molecule has 0 aliphatic carbocycles. The first-order valence-corrected chi connectivity index (χ1v) is 9.93. The third-order valence-corrected chi connectivity index (χ3v) is 5.37. The van der Waals surface area contributed by atoms with E-state index in [1.807, 2.05) is 30.3 Å². The van der Waals surface area contributed by atoms with Crippen LogP contribution in [-0.2, 0) is 11.3 Å². The van der Waals surface area contributed by atoms with Crippen LogP contribution in [0.3, 0.4) is 0 Å². The highest BCUT2D eigenvalue weighted by atomic mass is 35.5. The lowest BCUT2D eigenvalue weighted by molar-refractivity contribution is -0.120. The Labute approximate surface area is 175 Å². The molecule has 2 heterocycles. The molecule has 0 saturated heterocycles. The summed E-state index contributed by atoms with van der Waals surface area (Å²) >= 11 is 7.44. The second-order valence-corrected chi connectivity index (χ2v) is 7.60. The van der Waals surface area contributed by atoms with Gasteiger partial charge in [-0.3, -0.25) is 14.7 Å². The topological polar surface area (TPSA) is 55.3 Å². The first kappa shape index (κ1) is 19.3. The molecule has 0 atom stereocenters. The van der Waals surface area contributed by atoms with Crippen LogP contribution in [-0.4, -0.2) is 22.5 Å². The van der Waals surface area contributed by atoms with Crippen molar-refractivity contribution >= 4 is 44.2 Å². The average Bonchev–Trinajstić information content (AvgIpc) is 3.15. The second kappa shape index (κ2) is 8.55. The molecule has 0 N–H and O–H groups in total. The van der Waals surface area contributed by atoms with Crippen molar-refractivity contribution < 1.29 is 13.9 Å². The number of carbonyl (C=O) groups excluding carboxylic acids is 1. The van der Waals surface area contributed by atoms with Crippen molar-refractivity contribution in [3.05, 3.63) is 83.4 Å². The van der Waals surface area contributed by atoms with Crippen LogP contribution in [0.15, 0.2) is 66.9 Å². The van der Waals surface area contributed by atoms with Gasteiger partial charge in [0, 0.05) is 11.2 Å². The molecule has 2 aromatic heterocycles. The third-order valence-electron chi connectivity index (χ3n) is 4.09. The molecule has 146 valence electrons. The zero-order valence-electron chi connectivity index (χ0n) is 15.1. The van der Waals surface area contributed by atoms with Crippen LogP contribution in [0.25, 0.3) is 10.2 Å². The first-order chi connectivity index (χ1) is 14.1. The minimum atomic E-state index is -0.367. The number of thiazole rings is 1. The summed E-state index contributed by atoms with van der Waals surface area (Å²) in [5.41, 5.74) is 1.48. The molecule has 5 nitrogen and oxygen atoms in total. The molecular weight excluding hydrogens is 413 g/mol. The lowest BCUT2D eigenvalue weighted by Crippen LogP contribution is -2.34. The lowest BCUT2D eigenvalue weighted by Gasteiger charge is -2.19. The number of hydrogen-bond acceptors (Lipinski definition) is 5. The molecule has 0 aliphatic rings. The monoisotopic (exact) mass is 427 g/mol. The van der Waals surface area contributed by atoms with Crippen molar-refractivity contribution in [2.45, 2.75) is 6.54 Å². The van der Waals surface area contributed by atoms with Crippen LogP contribution in [0.2, 0.25) is 5.02 Å². The van der Waals surface area contributed by atoms with Crippen molar-refractivity contribution in [1.29, 1.82) is 0 Å². The summed E-state index contributed by atoms with van der Waals surface area (Å²) in [6, 6.07) is 16.4. The number of hydrogen-bond donors (Lipinski definition) is 0. The smallest absolute Gasteiger partial charge is 0.267 e. The van der Waals surface area contributed by atoms with Crippen molar-refractivity contribution in [3.8, 4) is 5.75 Å². The van der Waals surface area contributed by atoms with Crippen LogP contribution in [0.1, 0.15) is 5.69 Å². The van der Waals surface area contributed by atoms with Gasteiger partial charge in [0.25, 0.3) is 5.91 Å². The third kappa shape index (κ3) is 4.70. The predicted molar refractivity (Wildman–Crippen MR) is 112 cm³/mol. The number of halogens is 2. The molecule has 2 aromatic carbocycles. The SMILES string of the molecule is O=C(COc1ccc(F)cc1)N(Cc1ccccn1)c1nc2ccc(Cl)cc2s1. The molecule has 29 heavy (non-hydrogen) atoms. The minimum absolute atomic E-state index is 0.213. The van der Waals surface area contributed by atoms with E-state index in [-0.39, 0.29) is 24.9 Å². The molecule has 0 saturated carbocycles. The fraction of sp³-hybridized carbons (Fsp3) is 0.0952. The average molecular weight is 428 g/mol. The lowest BCUT2D eigenvalue weighted by atomic mass is 10.3. The molecule has 0 aliphatic heterocycles. The van der Waals surface area contributed by atoms with Crippen LogP contribution < -0.4 is 9.64 Å². The molecule has 0 fully saturated rings. The Morgan fingerprint density at radius 2 is 1.97 bits per heavy atom. The number of benzene rings is 2. The van der Waals surface area contributed by atoms with E-state index in [0.29, 0.717) is 15.9 Å². The van der Waals surface area contributed by atoms with Gasteiger partial charge in [-0.15, -0.1) is 0 Å². The van der Waals surface area contributed by atoms with Crippen molar-refractivity contribution in [2.75, 3.05) is 11.5 Å². The van der Waals surface area contributed by atoms with Crippen molar-refractivity contribution in [2.24, 2.45) is 0 Å². The van der Waals surface area contributed by atoms with Crippen LogP contribution in [0, 0.1) is 5.82 Å². The van der Waals surface area contributed by atoms with Crippen LogP contribution in [0.5, 0.6) is 5.75 Å². The summed E-state index contributed by atoms with van der Waals surface area (Å²) < 4.78 is 19.5. The number of nitrogens with zero attached hydrogens (tertiary/aromatic N) is 3. The van der Waals surface area contributed by atoms with Gasteiger partial charge in [-0.25, -0.2) is 9.37 Å². The standard InChI is InChI=1S/C21H15ClFN3O2S/c22-14-4-9-18-19(11-14)29-21(25-18)26(12-16-3-1-2-10-24-16)20(27)13-28-17-7-5-15(23)6-8-17/h1-11H,12-13H2. The fourth-order valence-corrected chi connectivity index (χ4v) is 3.93. The summed E-state index contributed by atoms with van der Waals surface area (Å²) in [5.74, 6) is -0.243. The second-order valence-electron chi connectivity index (χ2n) is 6.15. The van der Waals surface area contributed by atoms with E-state index >= 15 is 0 Å². The minimum Gasteiger partial charge on any atom is -0.484 e.